The Morgan fingerprint density at radius 1 is 1.38 bits per heavy atom. The first-order valence-corrected chi connectivity index (χ1v) is 7.87. The van der Waals surface area contributed by atoms with Gasteiger partial charge in [-0.05, 0) is 47.7 Å². The van der Waals surface area contributed by atoms with Crippen LogP contribution >= 0.6 is 0 Å². The zero-order valence-electron chi connectivity index (χ0n) is 13.5. The van der Waals surface area contributed by atoms with Crippen molar-refractivity contribution in [1.82, 2.24) is 21.2 Å². The van der Waals surface area contributed by atoms with Crippen LogP contribution in [-0.2, 0) is 13.0 Å². The van der Waals surface area contributed by atoms with E-state index >= 15 is 0 Å². The number of hydrazine groups is 4. The van der Waals surface area contributed by atoms with Gasteiger partial charge in [0, 0.05) is 13.1 Å². The minimum atomic E-state index is -0.581. The van der Waals surface area contributed by atoms with Crippen molar-refractivity contribution in [2.45, 2.75) is 19.9 Å². The number of nitrogens with zero attached hydrogens (tertiary/aromatic N) is 3. The van der Waals surface area contributed by atoms with Gasteiger partial charge < -0.3 is 4.42 Å². The topological polar surface area (TPSA) is 86.8 Å². The van der Waals surface area contributed by atoms with E-state index < -0.39 is 5.03 Å². The first-order chi connectivity index (χ1) is 11.6. The zero-order chi connectivity index (χ0) is 16.9. The molecule has 1 aromatic carbocycles. The molecule has 0 radical (unpaired) electrons. The molecule has 1 unspecified atom stereocenters. The molecule has 0 aliphatic carbocycles. The number of furan rings is 1. The quantitative estimate of drug-likeness (QED) is 0.615. The standard InChI is InChI=1S/C16H21N5O3/c1-13-4-6-14(7-5-13)9-15-10-17-20(18-21(22)23)19(11-15)12-16-3-2-8-24-16/h2-8,15,17-18H,9-12H2,1H3. The average Bonchev–Trinajstić information content (AvgIpc) is 3.05. The minimum absolute atomic E-state index is 0.340. The highest BCUT2D eigenvalue weighted by Crippen LogP contribution is 2.17. The maximum atomic E-state index is 10.8. The molecule has 1 aliphatic rings. The molecule has 2 aromatic rings. The van der Waals surface area contributed by atoms with Crippen molar-refractivity contribution in [2.24, 2.45) is 5.92 Å². The molecule has 1 aliphatic heterocycles. The molecule has 8 nitrogen and oxygen atoms in total. The van der Waals surface area contributed by atoms with E-state index in [2.05, 4.69) is 42.1 Å². The first kappa shape index (κ1) is 16.4. The lowest BCUT2D eigenvalue weighted by atomic mass is 9.98. The molecule has 0 amide bonds. The van der Waals surface area contributed by atoms with Crippen molar-refractivity contribution in [3.8, 4) is 0 Å². The van der Waals surface area contributed by atoms with Crippen molar-refractivity contribution in [1.29, 1.82) is 0 Å². The van der Waals surface area contributed by atoms with Gasteiger partial charge in [0.2, 0.25) is 0 Å². The lowest BCUT2D eigenvalue weighted by Crippen LogP contribution is -2.65. The lowest BCUT2D eigenvalue weighted by Gasteiger charge is -2.39. The van der Waals surface area contributed by atoms with Crippen LogP contribution in [0.2, 0.25) is 0 Å². The second kappa shape index (κ2) is 7.43. The summed E-state index contributed by atoms with van der Waals surface area (Å²) in [6.45, 7) is 3.86. The van der Waals surface area contributed by atoms with Crippen molar-refractivity contribution in [3.63, 3.8) is 0 Å². The van der Waals surface area contributed by atoms with Crippen molar-refractivity contribution in [2.75, 3.05) is 13.1 Å². The summed E-state index contributed by atoms with van der Waals surface area (Å²) in [6, 6.07) is 12.1. The number of nitrogens with one attached hydrogen (secondary N) is 2. The number of aryl methyl sites for hydroxylation is 1. The number of hydrogen-bond donors (Lipinski definition) is 2. The van der Waals surface area contributed by atoms with Gasteiger partial charge >= 0.3 is 0 Å². The molecule has 3 rings (SSSR count). The van der Waals surface area contributed by atoms with Gasteiger partial charge in [-0.1, -0.05) is 29.8 Å². The van der Waals surface area contributed by atoms with Gasteiger partial charge in [-0.25, -0.2) is 15.5 Å². The number of benzene rings is 1. The molecular formula is C16H21N5O3. The molecular weight excluding hydrogens is 310 g/mol. The van der Waals surface area contributed by atoms with E-state index in [1.165, 1.54) is 16.4 Å². The van der Waals surface area contributed by atoms with E-state index in [1.807, 2.05) is 17.1 Å². The van der Waals surface area contributed by atoms with E-state index in [-0.39, 0.29) is 0 Å². The Balaban J connectivity index is 1.66. The molecule has 1 atom stereocenters. The van der Waals surface area contributed by atoms with Crippen molar-refractivity contribution < 1.29 is 9.45 Å². The minimum Gasteiger partial charge on any atom is -0.468 e. The van der Waals surface area contributed by atoms with E-state index in [0.29, 0.717) is 25.6 Å². The lowest BCUT2D eigenvalue weighted by molar-refractivity contribution is -0.599. The Bertz CT molecular complexity index is 659. The fourth-order valence-electron chi connectivity index (χ4n) is 2.85. The summed E-state index contributed by atoms with van der Waals surface area (Å²) in [7, 11) is 0. The number of rotatable bonds is 6. The van der Waals surface area contributed by atoms with E-state index in [1.54, 1.807) is 6.26 Å². The average molecular weight is 331 g/mol. The smallest absolute Gasteiger partial charge is 0.176 e. The van der Waals surface area contributed by atoms with Gasteiger partial charge in [-0.3, -0.25) is 0 Å². The summed E-state index contributed by atoms with van der Waals surface area (Å²) in [5.41, 5.74) is 7.73. The molecule has 2 N–H and O–H groups in total. The summed E-state index contributed by atoms with van der Waals surface area (Å²) in [5.74, 6) is 1.09. The van der Waals surface area contributed by atoms with E-state index in [9.17, 15) is 10.1 Å². The fourth-order valence-corrected chi connectivity index (χ4v) is 2.85. The Morgan fingerprint density at radius 2 is 2.17 bits per heavy atom. The first-order valence-electron chi connectivity index (χ1n) is 7.87. The maximum Gasteiger partial charge on any atom is 0.176 e. The highest BCUT2D eigenvalue weighted by Gasteiger charge is 2.29. The van der Waals surface area contributed by atoms with Crippen LogP contribution in [0.25, 0.3) is 0 Å². The van der Waals surface area contributed by atoms with Crippen LogP contribution < -0.4 is 11.0 Å². The van der Waals surface area contributed by atoms with Crippen LogP contribution in [-0.4, -0.2) is 28.4 Å². The van der Waals surface area contributed by atoms with E-state index in [0.717, 1.165) is 12.2 Å². The third kappa shape index (κ3) is 4.31. The molecule has 0 bridgehead atoms. The Morgan fingerprint density at radius 3 is 2.83 bits per heavy atom. The van der Waals surface area contributed by atoms with Gasteiger partial charge in [0.05, 0.1) is 12.8 Å². The van der Waals surface area contributed by atoms with Crippen LogP contribution in [0.1, 0.15) is 16.9 Å². The monoisotopic (exact) mass is 331 g/mol. The summed E-state index contributed by atoms with van der Waals surface area (Å²) in [6.07, 6.45) is 2.51. The predicted octanol–water partition coefficient (Wildman–Crippen LogP) is 1.68. The largest absolute Gasteiger partial charge is 0.468 e. The molecule has 24 heavy (non-hydrogen) atoms. The van der Waals surface area contributed by atoms with Gasteiger partial charge in [-0.15, -0.1) is 0 Å². The second-order valence-corrected chi connectivity index (χ2v) is 6.01. The van der Waals surface area contributed by atoms with Gasteiger partial charge in [0.25, 0.3) is 0 Å². The third-order valence-electron chi connectivity index (χ3n) is 4.02. The summed E-state index contributed by atoms with van der Waals surface area (Å²) < 4.78 is 5.36. The summed E-state index contributed by atoms with van der Waals surface area (Å²) in [4.78, 5) is 10.8. The molecule has 128 valence electrons. The Kier molecular flexibility index (Phi) is 5.09. The third-order valence-corrected chi connectivity index (χ3v) is 4.02. The SMILES string of the molecule is Cc1ccc(CC2CNN(N[N+](=O)[O-])N(Cc3ccco3)C2)cc1. The Labute approximate surface area is 140 Å². The van der Waals surface area contributed by atoms with Crippen LogP contribution in [0.4, 0.5) is 0 Å². The van der Waals surface area contributed by atoms with Crippen molar-refractivity contribution >= 4 is 0 Å². The van der Waals surface area contributed by atoms with Gasteiger partial charge in [-0.2, -0.15) is 5.01 Å². The van der Waals surface area contributed by atoms with Gasteiger partial charge in [0.1, 0.15) is 5.76 Å². The molecule has 1 aromatic heterocycles. The molecule has 0 spiro atoms. The molecule has 1 saturated heterocycles. The molecule has 0 saturated carbocycles. The highest BCUT2D eigenvalue weighted by atomic mass is 16.7. The number of hydrogen-bond acceptors (Lipinski definition) is 6. The second-order valence-electron chi connectivity index (χ2n) is 6.01. The van der Waals surface area contributed by atoms with Crippen LogP contribution in [0, 0.1) is 23.0 Å². The number of nitro groups is 1. The summed E-state index contributed by atoms with van der Waals surface area (Å²) >= 11 is 0. The van der Waals surface area contributed by atoms with E-state index in [4.69, 9.17) is 4.42 Å². The Hall–Kier alpha value is -2.42. The normalized spacial score (nSPS) is 19.3. The highest BCUT2D eigenvalue weighted by molar-refractivity contribution is 5.21. The maximum absolute atomic E-state index is 10.8. The van der Waals surface area contributed by atoms with Crippen LogP contribution in [0.3, 0.4) is 0 Å². The van der Waals surface area contributed by atoms with Crippen molar-refractivity contribution in [3.05, 3.63) is 69.7 Å². The van der Waals surface area contributed by atoms with Gasteiger partial charge in [0.15, 0.2) is 5.03 Å². The fraction of sp³-hybridized carbons (Fsp3) is 0.375. The predicted molar refractivity (Wildman–Crippen MR) is 87.5 cm³/mol. The van der Waals surface area contributed by atoms with Crippen LogP contribution in [0.5, 0.6) is 0 Å². The molecule has 1 fully saturated rings. The molecule has 8 heteroatoms. The van der Waals surface area contributed by atoms with Crippen LogP contribution in [0.15, 0.2) is 47.1 Å². The molecule has 2 heterocycles. The zero-order valence-corrected chi connectivity index (χ0v) is 13.5. The summed E-state index contributed by atoms with van der Waals surface area (Å²) in [5, 5.41) is 13.4.